The molecule has 2 N–H and O–H groups in total. The molecular formula is C27H34N8O4S. The first kappa shape index (κ1) is 26.7. The molecule has 1 unspecified atom stereocenters. The lowest BCUT2D eigenvalue weighted by Crippen LogP contribution is -2.37. The maximum atomic E-state index is 12.3. The molecule has 2 fully saturated rings. The van der Waals surface area contributed by atoms with Gasteiger partial charge in [0.1, 0.15) is 5.69 Å². The normalized spacial score (nSPS) is 22.1. The minimum absolute atomic E-state index is 0.161. The van der Waals surface area contributed by atoms with Gasteiger partial charge >= 0.3 is 0 Å². The van der Waals surface area contributed by atoms with Gasteiger partial charge in [-0.3, -0.25) is 4.72 Å². The van der Waals surface area contributed by atoms with E-state index < -0.39 is 16.6 Å². The van der Waals surface area contributed by atoms with E-state index in [-0.39, 0.29) is 11.9 Å². The van der Waals surface area contributed by atoms with E-state index in [4.69, 9.17) is 14.8 Å². The van der Waals surface area contributed by atoms with Crippen LogP contribution in [0.2, 0.25) is 0 Å². The third-order valence-corrected chi connectivity index (χ3v) is 8.88. The maximum Gasteiger partial charge on any atom is 0.234 e. The number of piperidine rings is 2. The molecule has 0 radical (unpaired) electrons. The van der Waals surface area contributed by atoms with Crippen molar-refractivity contribution in [2.24, 2.45) is 5.92 Å². The monoisotopic (exact) mass is 566 g/mol. The van der Waals surface area contributed by atoms with Crippen LogP contribution < -0.4 is 14.5 Å². The van der Waals surface area contributed by atoms with Gasteiger partial charge in [0.15, 0.2) is 0 Å². The molecule has 3 aromatic rings. The average Bonchev–Trinajstić information content (AvgIpc) is 3.46. The van der Waals surface area contributed by atoms with Crippen LogP contribution in [0, 0.1) is 5.92 Å². The summed E-state index contributed by atoms with van der Waals surface area (Å²) in [6.07, 6.45) is 12.1. The highest BCUT2D eigenvalue weighted by Gasteiger charge is 2.25. The smallest absolute Gasteiger partial charge is 0.234 e. The Labute approximate surface area is 233 Å². The summed E-state index contributed by atoms with van der Waals surface area (Å²) in [7, 11) is -3.67. The average molecular weight is 567 g/mol. The molecule has 212 valence electrons. The highest BCUT2D eigenvalue weighted by molar-refractivity contribution is 7.92. The van der Waals surface area contributed by atoms with Gasteiger partial charge in [0.05, 0.1) is 54.0 Å². The lowest BCUT2D eigenvalue weighted by molar-refractivity contribution is 0.0560. The quantitative estimate of drug-likeness (QED) is 0.452. The number of fused-ring (bicyclic) bond motifs is 4. The number of ether oxygens (including phenoxy) is 1. The molecule has 4 aliphatic rings. The van der Waals surface area contributed by atoms with Crippen molar-refractivity contribution >= 4 is 27.3 Å². The van der Waals surface area contributed by atoms with Crippen molar-refractivity contribution in [1.29, 1.82) is 0 Å². The van der Waals surface area contributed by atoms with Crippen molar-refractivity contribution in [3.8, 4) is 17.1 Å². The van der Waals surface area contributed by atoms with Crippen LogP contribution in [0.5, 0.6) is 0 Å². The van der Waals surface area contributed by atoms with Crippen molar-refractivity contribution in [3.63, 3.8) is 0 Å². The summed E-state index contributed by atoms with van der Waals surface area (Å²) in [6.45, 7) is 3.41. The Kier molecular flexibility index (Phi) is 7.67. The number of aliphatic hydroxyl groups is 1. The predicted octanol–water partition coefficient (Wildman–Crippen LogP) is 2.23. The van der Waals surface area contributed by atoms with Crippen molar-refractivity contribution < 1.29 is 18.3 Å². The van der Waals surface area contributed by atoms with Crippen LogP contribution in [0.1, 0.15) is 25.7 Å². The number of benzene rings is 1. The van der Waals surface area contributed by atoms with E-state index in [9.17, 15) is 8.42 Å². The molecule has 40 heavy (non-hydrogen) atoms. The van der Waals surface area contributed by atoms with E-state index in [1.54, 1.807) is 16.9 Å². The molecule has 12 nitrogen and oxygen atoms in total. The summed E-state index contributed by atoms with van der Waals surface area (Å²) < 4.78 is 35.2. The van der Waals surface area contributed by atoms with E-state index in [2.05, 4.69) is 42.0 Å². The molecule has 2 saturated heterocycles. The standard InChI is InChI=1S/C27H34N8O4S/c36-14-16-40(37,38)31-21-5-6-25-26(17-21)33-12-8-22(9-13-33)39-15-2-4-20-3-1-11-34(18-20)27-28-10-7-23(29-27)24-19-35(25)32-30-24/h2,4-7,10,17,19-20,22,31,36H,1,3,8-9,11-16,18H2/b4-2-. The predicted molar refractivity (Wildman–Crippen MR) is 152 cm³/mol. The molecule has 4 aliphatic heterocycles. The Morgan fingerprint density at radius 2 is 1.93 bits per heavy atom. The first-order valence-corrected chi connectivity index (χ1v) is 15.4. The first-order valence-electron chi connectivity index (χ1n) is 13.8. The van der Waals surface area contributed by atoms with Gasteiger partial charge in [0.25, 0.3) is 0 Å². The highest BCUT2D eigenvalue weighted by atomic mass is 32.2. The number of sulfonamides is 1. The second-order valence-electron chi connectivity index (χ2n) is 10.4. The fourth-order valence-corrected chi connectivity index (χ4v) is 6.41. The molecule has 13 heteroatoms. The highest BCUT2D eigenvalue weighted by Crippen LogP contribution is 2.32. The van der Waals surface area contributed by atoms with Crippen molar-refractivity contribution in [2.75, 3.05) is 59.7 Å². The number of nitrogens with zero attached hydrogens (tertiary/aromatic N) is 7. The van der Waals surface area contributed by atoms with Crippen LogP contribution in [0.4, 0.5) is 17.3 Å². The summed E-state index contributed by atoms with van der Waals surface area (Å²) in [5.74, 6) is 0.740. The molecule has 0 spiro atoms. The van der Waals surface area contributed by atoms with Crippen LogP contribution in [0.3, 0.4) is 0 Å². The summed E-state index contributed by atoms with van der Waals surface area (Å²) in [6, 6.07) is 7.18. The van der Waals surface area contributed by atoms with E-state index in [1.807, 2.05) is 24.4 Å². The second kappa shape index (κ2) is 11.5. The summed E-state index contributed by atoms with van der Waals surface area (Å²) >= 11 is 0. The van der Waals surface area contributed by atoms with Gasteiger partial charge in [-0.1, -0.05) is 17.4 Å². The van der Waals surface area contributed by atoms with Gasteiger partial charge in [0.2, 0.25) is 16.0 Å². The molecule has 0 aliphatic carbocycles. The van der Waals surface area contributed by atoms with Crippen molar-refractivity contribution in [2.45, 2.75) is 31.8 Å². The van der Waals surface area contributed by atoms with E-state index >= 15 is 0 Å². The molecule has 8 bridgehead atoms. The second-order valence-corrected chi connectivity index (χ2v) is 12.3. The number of hydrogen-bond donors (Lipinski definition) is 2. The van der Waals surface area contributed by atoms with Crippen LogP contribution in [-0.4, -0.2) is 89.7 Å². The Morgan fingerprint density at radius 3 is 2.77 bits per heavy atom. The third-order valence-electron chi connectivity index (χ3n) is 7.61. The Bertz CT molecular complexity index is 1470. The summed E-state index contributed by atoms with van der Waals surface area (Å²) in [4.78, 5) is 13.8. The van der Waals surface area contributed by atoms with Crippen LogP contribution in [0.25, 0.3) is 17.1 Å². The van der Waals surface area contributed by atoms with E-state index in [1.165, 1.54) is 0 Å². The Morgan fingerprint density at radius 1 is 1.05 bits per heavy atom. The van der Waals surface area contributed by atoms with Gasteiger partial charge in [0, 0.05) is 32.4 Å². The lowest BCUT2D eigenvalue weighted by Gasteiger charge is -2.34. The largest absolute Gasteiger partial charge is 0.395 e. The van der Waals surface area contributed by atoms with Gasteiger partial charge in [-0.05, 0) is 55.9 Å². The Balaban J connectivity index is 1.38. The minimum Gasteiger partial charge on any atom is -0.395 e. The van der Waals surface area contributed by atoms with Crippen LogP contribution >= 0.6 is 0 Å². The van der Waals surface area contributed by atoms with Crippen LogP contribution in [0.15, 0.2) is 48.8 Å². The molecule has 2 aromatic heterocycles. The number of aliphatic hydroxyl groups excluding tert-OH is 1. The molecule has 7 rings (SSSR count). The van der Waals surface area contributed by atoms with Gasteiger partial charge in [-0.2, -0.15) is 0 Å². The number of hydrogen-bond acceptors (Lipinski definition) is 10. The third kappa shape index (κ3) is 5.96. The number of rotatable bonds is 4. The van der Waals surface area contributed by atoms with Crippen molar-refractivity contribution in [1.82, 2.24) is 25.0 Å². The SMILES string of the molecule is O=S(=O)(CCO)Nc1ccc2c(c1)N1CCC(CC1)OC/C=C\C1CCCN(C1)c1nccc(n1)-c1cn-2nn1. The van der Waals surface area contributed by atoms with Crippen LogP contribution in [-0.2, 0) is 14.8 Å². The minimum atomic E-state index is -3.67. The molecule has 6 heterocycles. The maximum absolute atomic E-state index is 12.3. The molecule has 1 aromatic carbocycles. The fourth-order valence-electron chi connectivity index (χ4n) is 5.58. The number of nitrogens with one attached hydrogen (secondary N) is 1. The molecule has 0 amide bonds. The summed E-state index contributed by atoms with van der Waals surface area (Å²) in [5, 5.41) is 18.0. The van der Waals surface area contributed by atoms with Gasteiger partial charge < -0.3 is 19.6 Å². The van der Waals surface area contributed by atoms with Gasteiger partial charge in [-0.15, -0.1) is 5.10 Å². The molecule has 0 saturated carbocycles. The zero-order valence-electron chi connectivity index (χ0n) is 22.3. The zero-order chi connectivity index (χ0) is 27.5. The number of aromatic nitrogens is 5. The zero-order valence-corrected chi connectivity index (χ0v) is 23.1. The molecule has 1 atom stereocenters. The lowest BCUT2D eigenvalue weighted by atomic mass is 9.98. The van der Waals surface area contributed by atoms with Crippen molar-refractivity contribution in [3.05, 3.63) is 48.8 Å². The Hall–Kier alpha value is -3.55. The number of anilines is 3. The summed E-state index contributed by atoms with van der Waals surface area (Å²) in [5.41, 5.74) is 3.35. The van der Waals surface area contributed by atoms with E-state index in [0.29, 0.717) is 35.5 Å². The topological polar surface area (TPSA) is 139 Å². The van der Waals surface area contributed by atoms with E-state index in [0.717, 1.165) is 63.2 Å². The van der Waals surface area contributed by atoms with Gasteiger partial charge in [-0.25, -0.2) is 23.1 Å². The molecular weight excluding hydrogens is 532 g/mol. The first-order chi connectivity index (χ1) is 19.5. The fraction of sp³-hybridized carbons (Fsp3) is 0.481.